The summed E-state index contributed by atoms with van der Waals surface area (Å²) in [6, 6.07) is 34.3. The normalized spacial score (nSPS) is 23.7. The maximum absolute atomic E-state index is 4.75. The Labute approximate surface area is 165 Å². The predicted octanol–water partition coefficient (Wildman–Crippen LogP) is 5.93. The second-order valence-corrected chi connectivity index (χ2v) is 7.43. The van der Waals surface area contributed by atoms with E-state index in [1.165, 1.54) is 11.1 Å². The molecule has 0 aliphatic heterocycles. The zero-order chi connectivity index (χ0) is 18.8. The van der Waals surface area contributed by atoms with Gasteiger partial charge in [-0.15, -0.1) is 0 Å². The summed E-state index contributed by atoms with van der Waals surface area (Å²) in [6.45, 7) is 0. The molecule has 5 rings (SSSR count). The largest absolute Gasteiger partial charge is 0.261 e. The van der Waals surface area contributed by atoms with Crippen molar-refractivity contribution in [3.8, 4) is 0 Å². The van der Waals surface area contributed by atoms with Crippen LogP contribution in [0.4, 0.5) is 0 Å². The third-order valence-electron chi connectivity index (χ3n) is 5.98. The van der Waals surface area contributed by atoms with E-state index in [0.717, 1.165) is 11.4 Å². The van der Waals surface area contributed by atoms with Gasteiger partial charge in [-0.05, 0) is 35.4 Å². The predicted molar refractivity (Wildman–Crippen MR) is 112 cm³/mol. The highest BCUT2D eigenvalue weighted by Gasteiger charge is 2.53. The van der Waals surface area contributed by atoms with Crippen LogP contribution in [-0.4, -0.2) is 9.97 Å². The number of pyridine rings is 2. The van der Waals surface area contributed by atoms with Crippen molar-refractivity contribution in [3.63, 3.8) is 0 Å². The lowest BCUT2D eigenvalue weighted by Crippen LogP contribution is -2.40. The van der Waals surface area contributed by atoms with Gasteiger partial charge in [0.2, 0.25) is 0 Å². The Morgan fingerprint density at radius 3 is 1.14 bits per heavy atom. The Balaban J connectivity index is 1.67. The van der Waals surface area contributed by atoms with Gasteiger partial charge in [-0.25, -0.2) is 0 Å². The highest BCUT2D eigenvalue weighted by Crippen LogP contribution is 2.65. The van der Waals surface area contributed by atoms with Gasteiger partial charge in [-0.3, -0.25) is 9.97 Å². The van der Waals surface area contributed by atoms with E-state index in [9.17, 15) is 0 Å². The van der Waals surface area contributed by atoms with E-state index >= 15 is 0 Å². The third kappa shape index (κ3) is 2.91. The van der Waals surface area contributed by atoms with Crippen LogP contribution < -0.4 is 0 Å². The molecule has 0 bridgehead atoms. The molecule has 0 amide bonds. The Hall–Kier alpha value is -3.26. The summed E-state index contributed by atoms with van der Waals surface area (Å²) in [5.74, 6) is 1.38. The lowest BCUT2D eigenvalue weighted by molar-refractivity contribution is 0.220. The molecule has 136 valence electrons. The summed E-state index contributed by atoms with van der Waals surface area (Å²) in [5, 5.41) is 0. The monoisotopic (exact) mass is 362 g/mol. The molecule has 4 atom stereocenters. The maximum atomic E-state index is 4.75. The van der Waals surface area contributed by atoms with Crippen molar-refractivity contribution in [1.82, 2.24) is 9.97 Å². The van der Waals surface area contributed by atoms with Crippen molar-refractivity contribution in [2.45, 2.75) is 23.7 Å². The number of hydrogen-bond acceptors (Lipinski definition) is 2. The van der Waals surface area contributed by atoms with Gasteiger partial charge in [-0.2, -0.15) is 0 Å². The molecule has 0 spiro atoms. The van der Waals surface area contributed by atoms with Crippen molar-refractivity contribution in [3.05, 3.63) is 132 Å². The van der Waals surface area contributed by atoms with E-state index in [4.69, 9.17) is 9.97 Å². The van der Waals surface area contributed by atoms with Gasteiger partial charge < -0.3 is 0 Å². The standard InChI is InChI=1S/C26H22N2/c1-3-11-19(12-4-1)23-24(20-13-5-2-6-14-20)26(22-16-8-10-18-28-22)25(23)21-15-7-9-17-27-21/h1-18,23-26H/t23-,24+,25+,26-. The van der Waals surface area contributed by atoms with E-state index in [0.29, 0.717) is 23.7 Å². The van der Waals surface area contributed by atoms with Crippen LogP contribution >= 0.6 is 0 Å². The highest BCUT2D eigenvalue weighted by atomic mass is 14.8. The highest BCUT2D eigenvalue weighted by molar-refractivity contribution is 5.45. The van der Waals surface area contributed by atoms with Gasteiger partial charge in [0.15, 0.2) is 0 Å². The lowest BCUT2D eigenvalue weighted by atomic mass is 9.50. The first-order valence-electron chi connectivity index (χ1n) is 9.85. The molecule has 0 radical (unpaired) electrons. The quantitative estimate of drug-likeness (QED) is 0.450. The van der Waals surface area contributed by atoms with Crippen LogP contribution in [0.15, 0.2) is 109 Å². The molecule has 2 nitrogen and oxygen atoms in total. The SMILES string of the molecule is c1ccc([C@@H]2[C@H](c3ccccc3)[C@@H](c3ccccn3)[C@H]2c2ccccn2)cc1. The summed E-state index contributed by atoms with van der Waals surface area (Å²) in [4.78, 5) is 9.51. The zero-order valence-corrected chi connectivity index (χ0v) is 15.6. The molecule has 1 fully saturated rings. The molecule has 28 heavy (non-hydrogen) atoms. The van der Waals surface area contributed by atoms with E-state index in [1.54, 1.807) is 0 Å². The zero-order valence-electron chi connectivity index (χ0n) is 15.6. The number of benzene rings is 2. The van der Waals surface area contributed by atoms with Crippen molar-refractivity contribution in [2.24, 2.45) is 0 Å². The average molecular weight is 362 g/mol. The Kier molecular flexibility index (Phi) is 4.46. The molecule has 2 aromatic carbocycles. The fraction of sp³-hybridized carbons (Fsp3) is 0.154. The Morgan fingerprint density at radius 1 is 0.393 bits per heavy atom. The van der Waals surface area contributed by atoms with E-state index in [1.807, 2.05) is 24.5 Å². The summed E-state index contributed by atoms with van der Waals surface area (Å²) >= 11 is 0. The van der Waals surface area contributed by atoms with Gasteiger partial charge in [0.05, 0.1) is 0 Å². The average Bonchev–Trinajstić information content (AvgIpc) is 2.76. The van der Waals surface area contributed by atoms with Crippen LogP contribution in [0.1, 0.15) is 46.2 Å². The van der Waals surface area contributed by atoms with Crippen LogP contribution in [-0.2, 0) is 0 Å². The topological polar surface area (TPSA) is 25.8 Å². The summed E-state index contributed by atoms with van der Waals surface area (Å²) in [7, 11) is 0. The van der Waals surface area contributed by atoms with Crippen molar-refractivity contribution in [1.29, 1.82) is 0 Å². The molecule has 0 saturated heterocycles. The van der Waals surface area contributed by atoms with E-state index in [-0.39, 0.29) is 0 Å². The van der Waals surface area contributed by atoms with Crippen LogP contribution in [0, 0.1) is 0 Å². The second-order valence-electron chi connectivity index (χ2n) is 7.43. The lowest BCUT2D eigenvalue weighted by Gasteiger charge is -2.52. The minimum atomic E-state index is 0.309. The van der Waals surface area contributed by atoms with E-state index in [2.05, 4.69) is 84.9 Å². The number of aromatic nitrogens is 2. The Bertz CT molecular complexity index is 835. The van der Waals surface area contributed by atoms with Gasteiger partial charge >= 0.3 is 0 Å². The number of rotatable bonds is 4. The number of nitrogens with zero attached hydrogens (tertiary/aromatic N) is 2. The van der Waals surface area contributed by atoms with Crippen molar-refractivity contribution >= 4 is 0 Å². The molecule has 0 N–H and O–H groups in total. The molecular weight excluding hydrogens is 340 g/mol. The van der Waals surface area contributed by atoms with Gasteiger partial charge in [0, 0.05) is 47.5 Å². The van der Waals surface area contributed by atoms with Crippen LogP contribution in [0.5, 0.6) is 0 Å². The molecular formula is C26H22N2. The van der Waals surface area contributed by atoms with Crippen molar-refractivity contribution in [2.75, 3.05) is 0 Å². The van der Waals surface area contributed by atoms with Gasteiger partial charge in [-0.1, -0.05) is 72.8 Å². The maximum Gasteiger partial charge on any atom is 0.0447 e. The molecule has 1 aliphatic rings. The summed E-state index contributed by atoms with van der Waals surface area (Å²) in [5.41, 5.74) is 5.05. The fourth-order valence-electron chi connectivity index (χ4n) is 4.81. The van der Waals surface area contributed by atoms with Crippen molar-refractivity contribution < 1.29 is 0 Å². The molecule has 2 aromatic heterocycles. The first-order valence-corrected chi connectivity index (χ1v) is 9.85. The first kappa shape index (κ1) is 16.9. The fourth-order valence-corrected chi connectivity index (χ4v) is 4.81. The second kappa shape index (κ2) is 7.40. The Morgan fingerprint density at radius 2 is 0.786 bits per heavy atom. The molecule has 2 heterocycles. The smallest absolute Gasteiger partial charge is 0.0447 e. The minimum Gasteiger partial charge on any atom is -0.261 e. The van der Waals surface area contributed by atoms with Crippen LogP contribution in [0.2, 0.25) is 0 Å². The molecule has 1 saturated carbocycles. The van der Waals surface area contributed by atoms with E-state index < -0.39 is 0 Å². The van der Waals surface area contributed by atoms with Crippen LogP contribution in [0.25, 0.3) is 0 Å². The molecule has 4 aromatic rings. The number of hydrogen-bond donors (Lipinski definition) is 0. The van der Waals surface area contributed by atoms with Crippen LogP contribution in [0.3, 0.4) is 0 Å². The van der Waals surface area contributed by atoms with Gasteiger partial charge in [0.1, 0.15) is 0 Å². The summed E-state index contributed by atoms with van der Waals surface area (Å²) in [6.07, 6.45) is 3.81. The first-order chi connectivity index (χ1) is 13.9. The summed E-state index contributed by atoms with van der Waals surface area (Å²) < 4.78 is 0. The molecule has 0 unspecified atom stereocenters. The molecule has 1 aliphatic carbocycles. The minimum absolute atomic E-state index is 0.309. The molecule has 2 heteroatoms. The third-order valence-corrected chi connectivity index (χ3v) is 5.98. The van der Waals surface area contributed by atoms with Gasteiger partial charge in [0.25, 0.3) is 0 Å².